The molecule has 1 fully saturated rings. The van der Waals surface area contributed by atoms with E-state index in [9.17, 15) is 12.8 Å². The van der Waals surface area contributed by atoms with Crippen molar-refractivity contribution in [2.24, 2.45) is 0 Å². The fourth-order valence-corrected chi connectivity index (χ4v) is 6.33. The van der Waals surface area contributed by atoms with Crippen LogP contribution in [0.1, 0.15) is 11.1 Å². The summed E-state index contributed by atoms with van der Waals surface area (Å²) in [5.74, 6) is 0. The molecule has 0 amide bonds. The van der Waals surface area contributed by atoms with Crippen molar-refractivity contribution >= 4 is 38.3 Å². The Kier molecular flexibility index (Phi) is 6.53. The van der Waals surface area contributed by atoms with Gasteiger partial charge in [-0.2, -0.15) is 0 Å². The standard InChI is InChI=1S/C26H25ClFN3O3S/c1-18-5-7-22(8-6-18)35(32,33)31-25(27)23(9-10-28)24-16-20(17-29-26(24)31)19-3-2-4-21(15-19)30-11-13-34-14-12-30/h2-8,15-17H,9-14H2,1H3. The molecular weight excluding hydrogens is 489 g/mol. The smallest absolute Gasteiger partial charge is 0.270 e. The summed E-state index contributed by atoms with van der Waals surface area (Å²) < 4.78 is 47.0. The van der Waals surface area contributed by atoms with Crippen molar-refractivity contribution in [3.05, 3.63) is 77.1 Å². The van der Waals surface area contributed by atoms with Gasteiger partial charge in [-0.3, -0.25) is 4.39 Å². The van der Waals surface area contributed by atoms with E-state index >= 15 is 0 Å². The number of halogens is 2. The zero-order valence-corrected chi connectivity index (χ0v) is 20.8. The molecule has 182 valence electrons. The van der Waals surface area contributed by atoms with Crippen LogP contribution in [-0.2, 0) is 21.2 Å². The molecule has 4 aromatic rings. The van der Waals surface area contributed by atoms with Crippen LogP contribution in [0.5, 0.6) is 0 Å². The molecule has 2 aromatic carbocycles. The van der Waals surface area contributed by atoms with E-state index in [4.69, 9.17) is 16.3 Å². The molecular formula is C26H25ClFN3O3S. The van der Waals surface area contributed by atoms with E-state index in [1.807, 2.05) is 25.1 Å². The number of hydrogen-bond acceptors (Lipinski definition) is 5. The molecule has 0 radical (unpaired) electrons. The van der Waals surface area contributed by atoms with Crippen molar-refractivity contribution in [2.45, 2.75) is 18.2 Å². The summed E-state index contributed by atoms with van der Waals surface area (Å²) in [6, 6.07) is 16.4. The topological polar surface area (TPSA) is 64.4 Å². The minimum Gasteiger partial charge on any atom is -0.378 e. The Hall–Kier alpha value is -2.94. The van der Waals surface area contributed by atoms with Gasteiger partial charge in [0, 0.05) is 47.9 Å². The van der Waals surface area contributed by atoms with Crippen LogP contribution in [0.2, 0.25) is 5.15 Å². The zero-order chi connectivity index (χ0) is 24.6. The minimum atomic E-state index is -4.03. The lowest BCUT2D eigenvalue weighted by molar-refractivity contribution is 0.122. The number of ether oxygens (including phenoxy) is 1. The summed E-state index contributed by atoms with van der Waals surface area (Å²) in [5, 5.41) is 0.488. The Bertz CT molecular complexity index is 1480. The monoisotopic (exact) mass is 513 g/mol. The predicted octanol–water partition coefficient (Wildman–Crippen LogP) is 5.25. The van der Waals surface area contributed by atoms with E-state index in [1.54, 1.807) is 18.3 Å². The predicted molar refractivity (Wildman–Crippen MR) is 137 cm³/mol. The fourth-order valence-electron chi connectivity index (χ4n) is 4.40. The third-order valence-electron chi connectivity index (χ3n) is 6.27. The normalized spacial score (nSPS) is 14.5. The number of aryl methyl sites for hydroxylation is 2. The van der Waals surface area contributed by atoms with Crippen LogP contribution in [0, 0.1) is 6.92 Å². The summed E-state index contributed by atoms with van der Waals surface area (Å²) >= 11 is 6.58. The minimum absolute atomic E-state index is 0.00922. The molecule has 9 heteroatoms. The average molecular weight is 514 g/mol. The molecule has 1 aliphatic heterocycles. The molecule has 1 aliphatic rings. The third-order valence-corrected chi connectivity index (χ3v) is 8.47. The molecule has 0 aliphatic carbocycles. The Labute approximate surface area is 209 Å². The van der Waals surface area contributed by atoms with Gasteiger partial charge in [0.15, 0.2) is 5.65 Å². The molecule has 0 atom stereocenters. The van der Waals surface area contributed by atoms with Gasteiger partial charge in [-0.25, -0.2) is 17.4 Å². The number of morpholine rings is 1. The SMILES string of the molecule is Cc1ccc(S(=O)(=O)n2c(Cl)c(CCF)c3cc(-c4cccc(N5CCOCC5)c4)cnc32)cc1. The van der Waals surface area contributed by atoms with E-state index in [2.05, 4.69) is 22.0 Å². The number of alkyl halides is 1. The van der Waals surface area contributed by atoms with Gasteiger partial charge in [0.2, 0.25) is 0 Å². The second-order valence-electron chi connectivity index (χ2n) is 8.54. The molecule has 5 rings (SSSR count). The van der Waals surface area contributed by atoms with Crippen LogP contribution < -0.4 is 4.90 Å². The maximum atomic E-state index is 13.5. The van der Waals surface area contributed by atoms with Crippen molar-refractivity contribution in [1.82, 2.24) is 8.96 Å². The summed E-state index contributed by atoms with van der Waals surface area (Å²) in [6.07, 6.45) is 1.63. The fraction of sp³-hybridized carbons (Fsp3) is 0.269. The summed E-state index contributed by atoms with van der Waals surface area (Å²) in [6.45, 7) is 4.22. The van der Waals surface area contributed by atoms with Crippen molar-refractivity contribution in [2.75, 3.05) is 37.9 Å². The molecule has 6 nitrogen and oxygen atoms in total. The van der Waals surface area contributed by atoms with Crippen LogP contribution in [0.15, 0.2) is 65.7 Å². The van der Waals surface area contributed by atoms with Crippen molar-refractivity contribution < 1.29 is 17.5 Å². The molecule has 35 heavy (non-hydrogen) atoms. The van der Waals surface area contributed by atoms with Gasteiger partial charge in [-0.15, -0.1) is 0 Å². The van der Waals surface area contributed by atoms with Gasteiger partial charge in [-0.1, -0.05) is 41.4 Å². The number of fused-ring (bicyclic) bond motifs is 1. The highest BCUT2D eigenvalue weighted by Gasteiger charge is 2.27. The van der Waals surface area contributed by atoms with Gasteiger partial charge in [0.25, 0.3) is 10.0 Å². The van der Waals surface area contributed by atoms with Crippen molar-refractivity contribution in [1.29, 1.82) is 0 Å². The third kappa shape index (κ3) is 4.42. The van der Waals surface area contributed by atoms with E-state index in [0.717, 1.165) is 39.4 Å². The average Bonchev–Trinajstić information content (AvgIpc) is 3.16. The maximum Gasteiger partial charge on any atom is 0.270 e. The number of benzene rings is 2. The number of aromatic nitrogens is 2. The summed E-state index contributed by atoms with van der Waals surface area (Å²) in [4.78, 5) is 6.87. The Balaban J connectivity index is 1.63. The van der Waals surface area contributed by atoms with Crippen LogP contribution in [0.25, 0.3) is 22.2 Å². The Morgan fingerprint density at radius 2 is 1.80 bits per heavy atom. The van der Waals surface area contributed by atoms with Crippen LogP contribution >= 0.6 is 11.6 Å². The lowest BCUT2D eigenvalue weighted by Crippen LogP contribution is -2.36. The van der Waals surface area contributed by atoms with Crippen LogP contribution in [0.4, 0.5) is 10.1 Å². The molecule has 0 bridgehead atoms. The zero-order valence-electron chi connectivity index (χ0n) is 19.2. The molecule has 0 unspecified atom stereocenters. The van der Waals surface area contributed by atoms with Gasteiger partial charge in [-0.05, 0) is 42.8 Å². The molecule has 2 aromatic heterocycles. The molecule has 1 saturated heterocycles. The number of pyridine rings is 1. The second kappa shape index (κ2) is 9.60. The van der Waals surface area contributed by atoms with Gasteiger partial charge < -0.3 is 9.64 Å². The van der Waals surface area contributed by atoms with Crippen LogP contribution in [-0.4, -0.2) is 50.4 Å². The van der Waals surface area contributed by atoms with E-state index in [-0.39, 0.29) is 22.1 Å². The molecule has 0 saturated carbocycles. The first-order valence-corrected chi connectivity index (χ1v) is 13.2. The highest BCUT2D eigenvalue weighted by atomic mass is 35.5. The number of hydrogen-bond donors (Lipinski definition) is 0. The number of rotatable bonds is 6. The highest BCUT2D eigenvalue weighted by molar-refractivity contribution is 7.90. The number of anilines is 1. The van der Waals surface area contributed by atoms with E-state index in [0.29, 0.717) is 24.2 Å². The van der Waals surface area contributed by atoms with E-state index in [1.165, 1.54) is 12.1 Å². The Morgan fingerprint density at radius 1 is 1.06 bits per heavy atom. The van der Waals surface area contributed by atoms with E-state index < -0.39 is 16.7 Å². The first-order valence-electron chi connectivity index (χ1n) is 11.4. The molecule has 0 spiro atoms. The quantitative estimate of drug-likeness (QED) is 0.352. The first-order chi connectivity index (χ1) is 16.9. The first kappa shape index (κ1) is 23.8. The molecule has 3 heterocycles. The lowest BCUT2D eigenvalue weighted by atomic mass is 10.0. The molecule has 0 N–H and O–H groups in total. The van der Waals surface area contributed by atoms with Crippen molar-refractivity contribution in [3.63, 3.8) is 0 Å². The largest absolute Gasteiger partial charge is 0.378 e. The highest BCUT2D eigenvalue weighted by Crippen LogP contribution is 2.36. The Morgan fingerprint density at radius 3 is 2.51 bits per heavy atom. The second-order valence-corrected chi connectivity index (χ2v) is 10.7. The van der Waals surface area contributed by atoms with Gasteiger partial charge in [0.05, 0.1) is 24.8 Å². The summed E-state index contributed by atoms with van der Waals surface area (Å²) in [7, 11) is -4.03. The number of nitrogens with zero attached hydrogens (tertiary/aromatic N) is 3. The van der Waals surface area contributed by atoms with Crippen LogP contribution in [0.3, 0.4) is 0 Å². The lowest BCUT2D eigenvalue weighted by Gasteiger charge is -2.29. The van der Waals surface area contributed by atoms with Gasteiger partial charge in [0.1, 0.15) is 5.15 Å². The summed E-state index contributed by atoms with van der Waals surface area (Å²) in [5.41, 5.74) is 4.36. The van der Waals surface area contributed by atoms with Crippen molar-refractivity contribution in [3.8, 4) is 11.1 Å². The van der Waals surface area contributed by atoms with Gasteiger partial charge >= 0.3 is 0 Å². The maximum absolute atomic E-state index is 13.5.